The van der Waals surface area contributed by atoms with Crippen molar-refractivity contribution in [2.24, 2.45) is 0 Å². The highest BCUT2D eigenvalue weighted by Gasteiger charge is 2.22. The summed E-state index contributed by atoms with van der Waals surface area (Å²) in [7, 11) is 0. The van der Waals surface area contributed by atoms with Gasteiger partial charge in [0.2, 0.25) is 0 Å². The lowest BCUT2D eigenvalue weighted by molar-refractivity contribution is -0.666. The van der Waals surface area contributed by atoms with E-state index in [4.69, 9.17) is 14.2 Å². The van der Waals surface area contributed by atoms with Crippen LogP contribution in [-0.4, -0.2) is 43.6 Å². The number of hydrogen-bond acceptors (Lipinski definition) is 4. The molecule has 23 heavy (non-hydrogen) atoms. The number of quaternary nitrogens is 1. The summed E-state index contributed by atoms with van der Waals surface area (Å²) >= 11 is 0. The van der Waals surface area contributed by atoms with Gasteiger partial charge < -0.3 is 24.6 Å². The van der Waals surface area contributed by atoms with Crippen LogP contribution in [-0.2, 0) is 0 Å². The summed E-state index contributed by atoms with van der Waals surface area (Å²) in [6, 6.07) is 17.2. The predicted molar refractivity (Wildman–Crippen MR) is 86.0 cm³/mol. The Labute approximate surface area is 135 Å². The first kappa shape index (κ1) is 15.6. The second-order valence-electron chi connectivity index (χ2n) is 5.54. The zero-order valence-electron chi connectivity index (χ0n) is 12.9. The van der Waals surface area contributed by atoms with Gasteiger partial charge in [0.05, 0.1) is 0 Å². The number of aliphatic hydroxyl groups excluding tert-OH is 1. The highest BCUT2D eigenvalue weighted by molar-refractivity contribution is 5.40. The Morgan fingerprint density at radius 1 is 1.09 bits per heavy atom. The van der Waals surface area contributed by atoms with Crippen LogP contribution in [0.1, 0.15) is 0 Å². The Morgan fingerprint density at radius 2 is 1.83 bits per heavy atom. The molecule has 0 bridgehead atoms. The summed E-state index contributed by atoms with van der Waals surface area (Å²) in [4.78, 5) is 0. The fourth-order valence-corrected chi connectivity index (χ4v) is 2.43. The number of benzene rings is 2. The number of aliphatic hydroxyl groups is 1. The highest BCUT2D eigenvalue weighted by atomic mass is 16.6. The molecule has 5 nitrogen and oxygen atoms in total. The van der Waals surface area contributed by atoms with Crippen LogP contribution in [0, 0.1) is 0 Å². The van der Waals surface area contributed by atoms with Gasteiger partial charge in [0.1, 0.15) is 38.2 Å². The van der Waals surface area contributed by atoms with E-state index in [-0.39, 0.29) is 12.7 Å². The molecular weight excluding hydrogens is 294 g/mol. The number of hydrogen-bond donors (Lipinski definition) is 2. The molecule has 1 aliphatic rings. The highest BCUT2D eigenvalue weighted by Crippen LogP contribution is 2.30. The second kappa shape index (κ2) is 7.85. The van der Waals surface area contributed by atoms with Gasteiger partial charge in [-0.25, -0.2) is 0 Å². The van der Waals surface area contributed by atoms with Crippen molar-refractivity contribution in [2.45, 2.75) is 12.2 Å². The Kier molecular flexibility index (Phi) is 5.34. The van der Waals surface area contributed by atoms with E-state index in [1.807, 2.05) is 59.9 Å². The molecule has 1 heterocycles. The number of fused-ring (bicyclic) bond motifs is 1. The molecule has 5 heteroatoms. The molecule has 0 amide bonds. The van der Waals surface area contributed by atoms with Gasteiger partial charge >= 0.3 is 0 Å². The van der Waals surface area contributed by atoms with E-state index in [2.05, 4.69) is 0 Å². The number of ether oxygens (including phenoxy) is 3. The van der Waals surface area contributed by atoms with E-state index in [0.717, 1.165) is 23.8 Å². The molecule has 2 aromatic carbocycles. The van der Waals surface area contributed by atoms with Gasteiger partial charge in [-0.3, -0.25) is 0 Å². The first-order chi connectivity index (χ1) is 11.3. The molecular formula is C18H22NO4+. The van der Waals surface area contributed by atoms with Crippen LogP contribution < -0.4 is 19.5 Å². The molecule has 3 rings (SSSR count). The second-order valence-corrected chi connectivity index (χ2v) is 5.54. The van der Waals surface area contributed by atoms with Gasteiger partial charge in [-0.05, 0) is 24.3 Å². The number of para-hydroxylation sites is 3. The predicted octanol–water partition coefficient (Wildman–Crippen LogP) is 0.830. The third-order valence-corrected chi connectivity index (χ3v) is 3.62. The molecule has 1 aliphatic heterocycles. The summed E-state index contributed by atoms with van der Waals surface area (Å²) in [5.74, 6) is 2.34. The van der Waals surface area contributed by atoms with E-state index in [1.165, 1.54) is 0 Å². The average molecular weight is 316 g/mol. The number of rotatable bonds is 7. The zero-order valence-corrected chi connectivity index (χ0v) is 12.9. The lowest BCUT2D eigenvalue weighted by Crippen LogP contribution is -2.89. The molecule has 0 saturated carbocycles. The topological polar surface area (TPSA) is 64.5 Å². The molecule has 2 aromatic rings. The fraction of sp³-hybridized carbons (Fsp3) is 0.333. The molecule has 0 aliphatic carbocycles. The van der Waals surface area contributed by atoms with E-state index >= 15 is 0 Å². The van der Waals surface area contributed by atoms with Crippen LogP contribution in [0.4, 0.5) is 0 Å². The van der Waals surface area contributed by atoms with Gasteiger partial charge in [-0.15, -0.1) is 0 Å². The summed E-state index contributed by atoms with van der Waals surface area (Å²) in [6.07, 6.45) is -0.529. The molecule has 0 radical (unpaired) electrons. The lowest BCUT2D eigenvalue weighted by atomic mass is 10.2. The van der Waals surface area contributed by atoms with Crippen LogP contribution in [0.2, 0.25) is 0 Å². The largest absolute Gasteiger partial charge is 0.491 e. The SMILES string of the molecule is O[C@@H](C[NH2+]C[C@H]1COc2ccccc2O1)COc1ccccc1. The lowest BCUT2D eigenvalue weighted by Gasteiger charge is -2.25. The summed E-state index contributed by atoms with van der Waals surface area (Å²) in [5, 5.41) is 12.0. The Morgan fingerprint density at radius 3 is 2.65 bits per heavy atom. The zero-order chi connectivity index (χ0) is 15.9. The molecule has 122 valence electrons. The van der Waals surface area contributed by atoms with Crippen molar-refractivity contribution < 1.29 is 24.6 Å². The molecule has 0 saturated heterocycles. The minimum Gasteiger partial charge on any atom is -0.491 e. The van der Waals surface area contributed by atoms with Crippen molar-refractivity contribution in [1.82, 2.24) is 0 Å². The summed E-state index contributed by atoms with van der Waals surface area (Å²) < 4.78 is 17.1. The minimum atomic E-state index is -0.521. The van der Waals surface area contributed by atoms with E-state index < -0.39 is 6.10 Å². The Balaban J connectivity index is 1.35. The van der Waals surface area contributed by atoms with Crippen molar-refractivity contribution >= 4 is 0 Å². The minimum absolute atomic E-state index is 0.00728. The maximum Gasteiger partial charge on any atom is 0.181 e. The first-order valence-electron chi connectivity index (χ1n) is 7.87. The van der Waals surface area contributed by atoms with Gasteiger partial charge in [-0.1, -0.05) is 30.3 Å². The van der Waals surface area contributed by atoms with Gasteiger partial charge in [0.25, 0.3) is 0 Å². The normalized spacial score (nSPS) is 17.5. The van der Waals surface area contributed by atoms with E-state index in [1.54, 1.807) is 0 Å². The third kappa shape index (κ3) is 4.61. The summed E-state index contributed by atoms with van der Waals surface area (Å²) in [6.45, 7) is 2.11. The fourth-order valence-electron chi connectivity index (χ4n) is 2.43. The molecule has 3 N–H and O–H groups in total. The van der Waals surface area contributed by atoms with Crippen molar-refractivity contribution in [3.63, 3.8) is 0 Å². The standard InChI is InChI=1S/C18H21NO4/c20-14(12-21-15-6-2-1-3-7-15)10-19-11-16-13-22-17-8-4-5-9-18(17)23-16/h1-9,14,16,19-20H,10-13H2/p+1/t14-,16-/m0/s1. The van der Waals surface area contributed by atoms with Crippen LogP contribution in [0.25, 0.3) is 0 Å². The molecule has 0 unspecified atom stereocenters. The van der Waals surface area contributed by atoms with E-state index in [0.29, 0.717) is 13.2 Å². The molecule has 2 atom stereocenters. The molecule has 0 fully saturated rings. The van der Waals surface area contributed by atoms with Crippen molar-refractivity contribution in [1.29, 1.82) is 0 Å². The molecule has 0 aromatic heterocycles. The molecule has 0 spiro atoms. The smallest absolute Gasteiger partial charge is 0.181 e. The Bertz CT molecular complexity index is 605. The number of nitrogens with two attached hydrogens (primary N) is 1. The van der Waals surface area contributed by atoms with Gasteiger partial charge in [0, 0.05) is 0 Å². The maximum atomic E-state index is 9.97. The maximum absolute atomic E-state index is 9.97. The van der Waals surface area contributed by atoms with Gasteiger partial charge in [0.15, 0.2) is 17.6 Å². The summed E-state index contributed by atoms with van der Waals surface area (Å²) in [5.41, 5.74) is 0. The van der Waals surface area contributed by atoms with Crippen LogP contribution in [0.15, 0.2) is 54.6 Å². The van der Waals surface area contributed by atoms with Crippen LogP contribution >= 0.6 is 0 Å². The van der Waals surface area contributed by atoms with E-state index in [9.17, 15) is 5.11 Å². The van der Waals surface area contributed by atoms with Gasteiger partial charge in [-0.2, -0.15) is 0 Å². The third-order valence-electron chi connectivity index (χ3n) is 3.62. The van der Waals surface area contributed by atoms with Crippen LogP contribution in [0.3, 0.4) is 0 Å². The monoisotopic (exact) mass is 316 g/mol. The Hall–Kier alpha value is -2.24. The van der Waals surface area contributed by atoms with Crippen molar-refractivity contribution in [3.8, 4) is 17.2 Å². The first-order valence-corrected chi connectivity index (χ1v) is 7.87. The van der Waals surface area contributed by atoms with Crippen LogP contribution in [0.5, 0.6) is 17.2 Å². The van der Waals surface area contributed by atoms with Crippen molar-refractivity contribution in [3.05, 3.63) is 54.6 Å². The van der Waals surface area contributed by atoms with Crippen molar-refractivity contribution in [2.75, 3.05) is 26.3 Å². The quantitative estimate of drug-likeness (QED) is 0.794. The average Bonchev–Trinajstić information content (AvgIpc) is 2.61.